The fourth-order valence-electron chi connectivity index (χ4n) is 2.21. The van der Waals surface area contributed by atoms with Gasteiger partial charge in [0.05, 0.1) is 6.04 Å². The van der Waals surface area contributed by atoms with Crippen molar-refractivity contribution in [2.24, 2.45) is 0 Å². The first kappa shape index (κ1) is 20.6. The fourth-order valence-corrected chi connectivity index (χ4v) is 3.45. The van der Waals surface area contributed by atoms with E-state index >= 15 is 0 Å². The molecule has 132 valence electrons. The van der Waals surface area contributed by atoms with Crippen molar-refractivity contribution in [3.8, 4) is 0 Å². The molecular formula is C14H21Cl2NO5S. The topological polar surface area (TPSA) is 84.9 Å². The molecule has 0 bridgehead atoms. The largest absolute Gasteiger partial charge is 0.359 e. The summed E-state index contributed by atoms with van der Waals surface area (Å²) in [6, 6.07) is 4.21. The highest BCUT2D eigenvalue weighted by molar-refractivity contribution is 7.83. The van der Waals surface area contributed by atoms with Gasteiger partial charge in [-0.15, -0.1) is 0 Å². The second kappa shape index (κ2) is 9.78. The number of unbranched alkanes of at least 4 members (excludes halogenated alkanes) is 1. The van der Waals surface area contributed by atoms with E-state index in [1.807, 2.05) is 6.92 Å². The SMILES string of the molecule is CCCC[C@@H](NS(=O)(=O)O)[C@H](OCOC)c1c(Cl)cccc1Cl. The summed E-state index contributed by atoms with van der Waals surface area (Å²) in [4.78, 5) is 0. The lowest BCUT2D eigenvalue weighted by atomic mass is 9.98. The number of benzene rings is 1. The first-order valence-corrected chi connectivity index (χ1v) is 9.29. The Labute approximate surface area is 146 Å². The lowest BCUT2D eigenvalue weighted by Gasteiger charge is -2.28. The lowest BCUT2D eigenvalue weighted by Crippen LogP contribution is -2.40. The second-order valence-electron chi connectivity index (χ2n) is 4.97. The molecule has 0 aliphatic heterocycles. The zero-order valence-electron chi connectivity index (χ0n) is 13.0. The lowest BCUT2D eigenvalue weighted by molar-refractivity contribution is -0.0842. The molecule has 1 aromatic rings. The van der Waals surface area contributed by atoms with Crippen molar-refractivity contribution in [1.29, 1.82) is 0 Å². The summed E-state index contributed by atoms with van der Waals surface area (Å²) in [7, 11) is -2.97. The second-order valence-corrected chi connectivity index (χ2v) is 6.97. The first-order valence-electron chi connectivity index (χ1n) is 7.09. The minimum absolute atomic E-state index is 0.0813. The van der Waals surface area contributed by atoms with Crippen LogP contribution in [0.1, 0.15) is 37.9 Å². The Hall–Kier alpha value is -0.410. The molecule has 23 heavy (non-hydrogen) atoms. The van der Waals surface area contributed by atoms with Crippen LogP contribution in [0.4, 0.5) is 0 Å². The number of methoxy groups -OCH3 is 1. The monoisotopic (exact) mass is 385 g/mol. The molecule has 2 N–H and O–H groups in total. The summed E-state index contributed by atoms with van der Waals surface area (Å²) in [5.41, 5.74) is 0.449. The Kier molecular flexibility index (Phi) is 8.78. The molecule has 0 unspecified atom stereocenters. The first-order chi connectivity index (χ1) is 10.8. The molecular weight excluding hydrogens is 365 g/mol. The summed E-state index contributed by atoms with van der Waals surface area (Å²) in [6.07, 6.45) is 1.20. The van der Waals surface area contributed by atoms with Gasteiger partial charge in [0.2, 0.25) is 0 Å². The van der Waals surface area contributed by atoms with Crippen LogP contribution in [0.5, 0.6) is 0 Å². The number of nitrogens with one attached hydrogen (secondary N) is 1. The quantitative estimate of drug-likeness (QED) is 0.474. The highest BCUT2D eigenvalue weighted by Crippen LogP contribution is 2.35. The van der Waals surface area contributed by atoms with E-state index in [0.717, 1.165) is 12.8 Å². The Morgan fingerprint density at radius 2 is 1.91 bits per heavy atom. The van der Waals surface area contributed by atoms with E-state index in [-0.39, 0.29) is 6.79 Å². The van der Waals surface area contributed by atoms with E-state index in [4.69, 9.17) is 37.2 Å². The van der Waals surface area contributed by atoms with Gasteiger partial charge in [-0.25, -0.2) is 0 Å². The molecule has 0 saturated carbocycles. The molecule has 0 fully saturated rings. The Bertz CT molecular complexity index is 577. The van der Waals surface area contributed by atoms with Gasteiger partial charge in [0, 0.05) is 22.7 Å². The van der Waals surface area contributed by atoms with Crippen molar-refractivity contribution in [2.45, 2.75) is 38.3 Å². The van der Waals surface area contributed by atoms with Crippen LogP contribution in [0.3, 0.4) is 0 Å². The van der Waals surface area contributed by atoms with E-state index in [2.05, 4.69) is 4.72 Å². The van der Waals surface area contributed by atoms with E-state index < -0.39 is 22.4 Å². The van der Waals surface area contributed by atoms with Crippen LogP contribution in [-0.4, -0.2) is 32.9 Å². The third-order valence-electron chi connectivity index (χ3n) is 3.18. The average molecular weight is 386 g/mol. The molecule has 0 heterocycles. The van der Waals surface area contributed by atoms with Crippen LogP contribution >= 0.6 is 23.2 Å². The number of hydrogen-bond acceptors (Lipinski definition) is 4. The number of halogens is 2. The highest BCUT2D eigenvalue weighted by Gasteiger charge is 2.30. The molecule has 6 nitrogen and oxygen atoms in total. The third-order valence-corrected chi connectivity index (χ3v) is 4.44. The molecule has 0 saturated heterocycles. The molecule has 0 aromatic heterocycles. The van der Waals surface area contributed by atoms with Crippen LogP contribution in [0.25, 0.3) is 0 Å². The van der Waals surface area contributed by atoms with Gasteiger partial charge >= 0.3 is 10.3 Å². The fraction of sp³-hybridized carbons (Fsp3) is 0.571. The van der Waals surface area contributed by atoms with Gasteiger partial charge in [0.1, 0.15) is 12.9 Å². The van der Waals surface area contributed by atoms with Gasteiger partial charge in [-0.1, -0.05) is 49.0 Å². The van der Waals surface area contributed by atoms with E-state index in [1.54, 1.807) is 18.2 Å². The average Bonchev–Trinajstić information content (AvgIpc) is 2.45. The van der Waals surface area contributed by atoms with Crippen LogP contribution < -0.4 is 4.72 Å². The van der Waals surface area contributed by atoms with Crippen LogP contribution in [0.15, 0.2) is 18.2 Å². The van der Waals surface area contributed by atoms with Crippen LogP contribution in [0, 0.1) is 0 Å². The van der Waals surface area contributed by atoms with Gasteiger partial charge in [-0.3, -0.25) is 4.55 Å². The van der Waals surface area contributed by atoms with Crippen molar-refractivity contribution >= 4 is 33.5 Å². The van der Waals surface area contributed by atoms with Crippen molar-refractivity contribution in [2.75, 3.05) is 13.9 Å². The summed E-state index contributed by atoms with van der Waals surface area (Å²) in [5.74, 6) is 0. The van der Waals surface area contributed by atoms with E-state index in [0.29, 0.717) is 22.0 Å². The van der Waals surface area contributed by atoms with Crippen molar-refractivity contribution < 1.29 is 22.4 Å². The molecule has 9 heteroatoms. The molecule has 0 radical (unpaired) electrons. The normalized spacial score (nSPS) is 14.7. The maximum atomic E-state index is 11.3. The predicted molar refractivity (Wildman–Crippen MR) is 90.2 cm³/mol. The molecule has 0 aliphatic carbocycles. The summed E-state index contributed by atoms with van der Waals surface area (Å²) in [6.45, 7) is 1.89. The molecule has 0 amide bonds. The van der Waals surface area contributed by atoms with Crippen LogP contribution in [0.2, 0.25) is 10.0 Å². The van der Waals surface area contributed by atoms with Gasteiger partial charge in [-0.2, -0.15) is 13.1 Å². The zero-order chi connectivity index (χ0) is 17.5. The van der Waals surface area contributed by atoms with Gasteiger partial charge in [0.15, 0.2) is 0 Å². The zero-order valence-corrected chi connectivity index (χ0v) is 15.3. The summed E-state index contributed by atoms with van der Waals surface area (Å²) >= 11 is 12.4. The third kappa shape index (κ3) is 6.93. The standard InChI is InChI=1S/C14H21Cl2NO5S/c1-3-4-8-12(17-23(18,19)20)14(22-9-21-2)13-10(15)6-5-7-11(13)16/h5-7,12,14,17H,3-4,8-9H2,1-2H3,(H,18,19,20)/t12-,14+/m1/s1. The maximum Gasteiger partial charge on any atom is 0.333 e. The Morgan fingerprint density at radius 1 is 1.30 bits per heavy atom. The molecule has 2 atom stereocenters. The van der Waals surface area contributed by atoms with Crippen LogP contribution in [-0.2, 0) is 19.8 Å². The Balaban J connectivity index is 3.22. The Morgan fingerprint density at radius 3 is 2.39 bits per heavy atom. The highest BCUT2D eigenvalue weighted by atomic mass is 35.5. The van der Waals surface area contributed by atoms with Gasteiger partial charge < -0.3 is 9.47 Å². The minimum Gasteiger partial charge on any atom is -0.359 e. The van der Waals surface area contributed by atoms with Gasteiger partial charge in [0.25, 0.3) is 0 Å². The summed E-state index contributed by atoms with van der Waals surface area (Å²) < 4.78 is 44.4. The summed E-state index contributed by atoms with van der Waals surface area (Å²) in [5, 5.41) is 0.689. The number of rotatable bonds is 10. The predicted octanol–water partition coefficient (Wildman–Crippen LogP) is 3.61. The minimum atomic E-state index is -4.41. The van der Waals surface area contributed by atoms with E-state index in [9.17, 15) is 8.42 Å². The molecule has 1 rings (SSSR count). The molecule has 0 spiro atoms. The van der Waals surface area contributed by atoms with Crippen molar-refractivity contribution in [3.05, 3.63) is 33.8 Å². The van der Waals surface area contributed by atoms with Crippen molar-refractivity contribution in [3.63, 3.8) is 0 Å². The van der Waals surface area contributed by atoms with Crippen molar-refractivity contribution in [1.82, 2.24) is 4.72 Å². The smallest absolute Gasteiger partial charge is 0.333 e. The maximum absolute atomic E-state index is 11.3. The van der Waals surface area contributed by atoms with E-state index in [1.165, 1.54) is 7.11 Å². The number of hydrogen-bond donors (Lipinski definition) is 2. The van der Waals surface area contributed by atoms with Gasteiger partial charge in [-0.05, 0) is 18.6 Å². The molecule has 1 aromatic carbocycles. The number of ether oxygens (including phenoxy) is 2. The molecule has 0 aliphatic rings.